The van der Waals surface area contributed by atoms with E-state index in [2.05, 4.69) is 21.8 Å². The van der Waals surface area contributed by atoms with Crippen LogP contribution >= 0.6 is 22.9 Å². The summed E-state index contributed by atoms with van der Waals surface area (Å²) in [5.41, 5.74) is 1.41. The molecule has 3 heterocycles. The summed E-state index contributed by atoms with van der Waals surface area (Å²) in [6.07, 6.45) is 4.86. The summed E-state index contributed by atoms with van der Waals surface area (Å²) < 4.78 is 0. The molecule has 1 aliphatic heterocycles. The number of aryl methyl sites for hydroxylation is 2. The number of likely N-dealkylation sites (N-methyl/N-ethyl adjacent to an activating group) is 1. The van der Waals surface area contributed by atoms with Crippen LogP contribution in [0.3, 0.4) is 0 Å². The molecule has 0 aromatic carbocycles. The second-order valence-corrected chi connectivity index (χ2v) is 7.44. The maximum absolute atomic E-state index is 6.51. The molecule has 2 aromatic heterocycles. The molecule has 0 N–H and O–H groups in total. The van der Waals surface area contributed by atoms with Crippen LogP contribution in [0.1, 0.15) is 23.3 Å². The van der Waals surface area contributed by atoms with Gasteiger partial charge in [-0.05, 0) is 38.3 Å². The van der Waals surface area contributed by atoms with Crippen LogP contribution in [0.25, 0.3) is 10.2 Å². The predicted octanol–water partition coefficient (Wildman–Crippen LogP) is 2.98. The van der Waals surface area contributed by atoms with Gasteiger partial charge in [-0.25, -0.2) is 9.97 Å². The highest BCUT2D eigenvalue weighted by Gasteiger charge is 2.23. The molecule has 0 unspecified atom stereocenters. The number of fused-ring (bicyclic) bond motifs is 3. The van der Waals surface area contributed by atoms with E-state index in [-0.39, 0.29) is 0 Å². The number of piperazine rings is 1. The van der Waals surface area contributed by atoms with Crippen LogP contribution in [-0.4, -0.2) is 48.1 Å². The van der Waals surface area contributed by atoms with Crippen LogP contribution in [-0.2, 0) is 12.8 Å². The third kappa shape index (κ3) is 2.41. The molecule has 0 radical (unpaired) electrons. The Morgan fingerprint density at radius 1 is 1.05 bits per heavy atom. The fourth-order valence-electron chi connectivity index (χ4n) is 3.25. The van der Waals surface area contributed by atoms with Crippen molar-refractivity contribution in [3.63, 3.8) is 0 Å². The number of nitrogens with zero attached hydrogens (tertiary/aromatic N) is 4. The summed E-state index contributed by atoms with van der Waals surface area (Å²) in [5.74, 6) is 0.805. The van der Waals surface area contributed by atoms with Crippen LogP contribution in [0.4, 0.5) is 5.95 Å². The topological polar surface area (TPSA) is 32.3 Å². The predicted molar refractivity (Wildman–Crippen MR) is 88.8 cm³/mol. The second kappa shape index (κ2) is 5.38. The van der Waals surface area contributed by atoms with Gasteiger partial charge in [-0.1, -0.05) is 11.6 Å². The Morgan fingerprint density at radius 3 is 2.62 bits per heavy atom. The number of hydrogen-bond donors (Lipinski definition) is 0. The average Bonchev–Trinajstić information content (AvgIpc) is 2.86. The van der Waals surface area contributed by atoms with Crippen molar-refractivity contribution in [2.24, 2.45) is 0 Å². The Balaban J connectivity index is 1.75. The highest BCUT2D eigenvalue weighted by Crippen LogP contribution is 2.39. The van der Waals surface area contributed by atoms with E-state index in [1.807, 2.05) is 11.3 Å². The number of thiophene rings is 1. The molecule has 0 spiro atoms. The van der Waals surface area contributed by atoms with Crippen molar-refractivity contribution in [1.82, 2.24) is 14.9 Å². The number of hydrogen-bond acceptors (Lipinski definition) is 5. The van der Waals surface area contributed by atoms with Crippen molar-refractivity contribution >= 4 is 39.1 Å². The van der Waals surface area contributed by atoms with Gasteiger partial charge in [-0.2, -0.15) is 0 Å². The minimum atomic E-state index is 0.647. The van der Waals surface area contributed by atoms with Gasteiger partial charge in [-0.15, -0.1) is 11.3 Å². The first kappa shape index (κ1) is 13.7. The van der Waals surface area contributed by atoms with Gasteiger partial charge in [0.1, 0.15) is 9.98 Å². The average molecular weight is 323 g/mol. The molecule has 1 saturated heterocycles. The highest BCUT2D eigenvalue weighted by atomic mass is 35.5. The number of rotatable bonds is 1. The van der Waals surface area contributed by atoms with Crippen molar-refractivity contribution in [2.45, 2.75) is 25.7 Å². The summed E-state index contributed by atoms with van der Waals surface area (Å²) in [6.45, 7) is 4.06. The molecule has 2 aromatic rings. The van der Waals surface area contributed by atoms with E-state index in [0.29, 0.717) is 5.15 Å². The van der Waals surface area contributed by atoms with Crippen molar-refractivity contribution in [3.05, 3.63) is 15.6 Å². The molecule has 0 bridgehead atoms. The highest BCUT2D eigenvalue weighted by molar-refractivity contribution is 7.19. The third-order valence-corrected chi connectivity index (χ3v) is 6.00. The van der Waals surface area contributed by atoms with Crippen LogP contribution < -0.4 is 4.90 Å². The Hall–Kier alpha value is -0.910. The van der Waals surface area contributed by atoms with Gasteiger partial charge in [-0.3, -0.25) is 0 Å². The maximum Gasteiger partial charge on any atom is 0.228 e. The Labute approximate surface area is 133 Å². The van der Waals surface area contributed by atoms with E-state index in [1.54, 1.807) is 0 Å². The van der Waals surface area contributed by atoms with Crippen LogP contribution in [0.5, 0.6) is 0 Å². The van der Waals surface area contributed by atoms with Gasteiger partial charge in [0.05, 0.1) is 5.39 Å². The molecule has 1 aliphatic carbocycles. The zero-order valence-electron chi connectivity index (χ0n) is 12.2. The SMILES string of the molecule is CN1CCN(c2nc(Cl)c3c4c(sc3n2)CCCC4)CC1. The summed E-state index contributed by atoms with van der Waals surface area (Å²) in [5, 5.41) is 1.77. The van der Waals surface area contributed by atoms with Gasteiger partial charge >= 0.3 is 0 Å². The molecule has 4 rings (SSSR count). The first-order valence-corrected chi connectivity index (χ1v) is 8.83. The monoisotopic (exact) mass is 322 g/mol. The van der Waals surface area contributed by atoms with Crippen molar-refractivity contribution in [1.29, 1.82) is 0 Å². The second-order valence-electron chi connectivity index (χ2n) is 6.00. The Bertz CT molecular complexity index is 676. The molecule has 0 saturated carbocycles. The molecule has 6 heteroatoms. The first-order chi connectivity index (χ1) is 10.2. The quantitative estimate of drug-likeness (QED) is 0.756. The van der Waals surface area contributed by atoms with Crippen molar-refractivity contribution in [2.75, 3.05) is 38.1 Å². The maximum atomic E-state index is 6.51. The van der Waals surface area contributed by atoms with Gasteiger partial charge in [0.2, 0.25) is 5.95 Å². The van der Waals surface area contributed by atoms with Crippen molar-refractivity contribution < 1.29 is 0 Å². The summed E-state index contributed by atoms with van der Waals surface area (Å²) in [7, 11) is 2.15. The van der Waals surface area contributed by atoms with Gasteiger partial charge in [0.15, 0.2) is 0 Å². The lowest BCUT2D eigenvalue weighted by Gasteiger charge is -2.32. The molecule has 21 heavy (non-hydrogen) atoms. The molecule has 112 valence electrons. The smallest absolute Gasteiger partial charge is 0.228 e. The molecule has 1 fully saturated rings. The Morgan fingerprint density at radius 2 is 1.81 bits per heavy atom. The van der Waals surface area contributed by atoms with E-state index in [1.165, 1.54) is 29.7 Å². The summed E-state index contributed by atoms with van der Waals surface area (Å²) >= 11 is 8.33. The number of anilines is 1. The third-order valence-electron chi connectivity index (χ3n) is 4.54. The lowest BCUT2D eigenvalue weighted by molar-refractivity contribution is 0.311. The van der Waals surface area contributed by atoms with Gasteiger partial charge in [0, 0.05) is 31.1 Å². The molecule has 2 aliphatic rings. The van der Waals surface area contributed by atoms with Crippen LogP contribution in [0.2, 0.25) is 5.15 Å². The fourth-order valence-corrected chi connectivity index (χ4v) is 4.84. The summed E-state index contributed by atoms with van der Waals surface area (Å²) in [6, 6.07) is 0. The Kier molecular flexibility index (Phi) is 3.52. The van der Waals surface area contributed by atoms with Crippen LogP contribution in [0.15, 0.2) is 0 Å². The zero-order chi connectivity index (χ0) is 14.4. The minimum absolute atomic E-state index is 0.647. The lowest BCUT2D eigenvalue weighted by Crippen LogP contribution is -2.45. The summed E-state index contributed by atoms with van der Waals surface area (Å²) in [4.78, 5) is 16.6. The molecular formula is C15H19ClN4S. The van der Waals surface area contributed by atoms with E-state index in [4.69, 9.17) is 16.6 Å². The van der Waals surface area contributed by atoms with Crippen LogP contribution in [0, 0.1) is 0 Å². The van der Waals surface area contributed by atoms with Gasteiger partial charge in [0.25, 0.3) is 0 Å². The molecule has 0 atom stereocenters. The standard InChI is InChI=1S/C15H19ClN4S/c1-19-6-8-20(9-7-19)15-17-13(16)12-10-4-2-3-5-11(10)21-14(12)18-15/h2-9H2,1H3. The minimum Gasteiger partial charge on any atom is -0.338 e. The van der Waals surface area contributed by atoms with Gasteiger partial charge < -0.3 is 9.80 Å². The number of halogens is 1. The van der Waals surface area contributed by atoms with E-state index >= 15 is 0 Å². The van der Waals surface area contributed by atoms with Crippen molar-refractivity contribution in [3.8, 4) is 0 Å². The van der Waals surface area contributed by atoms with E-state index in [9.17, 15) is 0 Å². The molecule has 0 amide bonds. The lowest BCUT2D eigenvalue weighted by atomic mass is 9.97. The van der Waals surface area contributed by atoms with E-state index in [0.717, 1.165) is 48.8 Å². The number of aromatic nitrogens is 2. The zero-order valence-corrected chi connectivity index (χ0v) is 13.8. The largest absolute Gasteiger partial charge is 0.338 e. The first-order valence-electron chi connectivity index (χ1n) is 7.63. The fraction of sp³-hybridized carbons (Fsp3) is 0.600. The van der Waals surface area contributed by atoms with E-state index < -0.39 is 0 Å². The normalized spacial score (nSPS) is 20.0. The molecule has 4 nitrogen and oxygen atoms in total. The molecular weight excluding hydrogens is 304 g/mol.